The van der Waals surface area contributed by atoms with E-state index in [2.05, 4.69) is 26.6 Å². The van der Waals surface area contributed by atoms with E-state index in [1.807, 2.05) is 38.0 Å². The number of amides is 6. The van der Waals surface area contributed by atoms with Gasteiger partial charge in [-0.2, -0.15) is 0 Å². The van der Waals surface area contributed by atoms with Crippen LogP contribution in [0.5, 0.6) is 0 Å². The van der Waals surface area contributed by atoms with Gasteiger partial charge in [-0.15, -0.1) is 0 Å². The predicted molar refractivity (Wildman–Crippen MR) is 223 cm³/mol. The van der Waals surface area contributed by atoms with Gasteiger partial charge in [0, 0.05) is 24.9 Å². The normalized spacial score (nSPS) is 27.7. The molecule has 0 saturated heterocycles. The molecule has 4 saturated carbocycles. The van der Waals surface area contributed by atoms with Crippen molar-refractivity contribution in [1.82, 2.24) is 25.8 Å². The molecule has 0 radical (unpaired) electrons. The Morgan fingerprint density at radius 2 is 0.966 bits per heavy atom. The third-order valence-corrected chi connectivity index (χ3v) is 12.9. The lowest BCUT2D eigenvalue weighted by molar-refractivity contribution is -0.147. The SMILES string of the molecule is CN(C)CCCNC(=O)C1C2CC(OC(=O)Nc3ccccc3Cl)C(C2)C1C(=O)NC(=O)C1C2CC(CC2OC(=O)Nc2ccccc2Cl)C1C(=O)NCCCN(C)C. The summed E-state index contributed by atoms with van der Waals surface area (Å²) in [6.45, 7) is 2.32. The number of ether oxygens (including phenoxy) is 2. The second kappa shape index (κ2) is 19.7. The number of rotatable bonds is 16. The van der Waals surface area contributed by atoms with E-state index in [1.54, 1.807) is 48.5 Å². The molecule has 0 aliphatic heterocycles. The van der Waals surface area contributed by atoms with Crippen LogP contribution in [0.3, 0.4) is 0 Å². The van der Waals surface area contributed by atoms with Crippen molar-refractivity contribution in [2.45, 2.75) is 50.7 Å². The zero-order valence-corrected chi connectivity index (χ0v) is 35.4. The summed E-state index contributed by atoms with van der Waals surface area (Å²) in [5.41, 5.74) is 0.728. The molecule has 0 heterocycles. The largest absolute Gasteiger partial charge is 0.446 e. The van der Waals surface area contributed by atoms with Gasteiger partial charge in [-0.25, -0.2) is 9.59 Å². The van der Waals surface area contributed by atoms with Crippen molar-refractivity contribution in [3.63, 3.8) is 0 Å². The molecular weight excluding hydrogens is 801 g/mol. The number of halogens is 2. The van der Waals surface area contributed by atoms with Gasteiger partial charge < -0.3 is 29.9 Å². The Bertz CT molecular complexity index is 1750. The molecule has 4 fully saturated rings. The van der Waals surface area contributed by atoms with Crippen molar-refractivity contribution in [3.8, 4) is 0 Å². The number of imide groups is 1. The highest BCUT2D eigenvalue weighted by Crippen LogP contribution is 2.55. The molecule has 5 N–H and O–H groups in total. The second-order valence-electron chi connectivity index (χ2n) is 16.7. The first-order valence-electron chi connectivity index (χ1n) is 20.4. The van der Waals surface area contributed by atoms with Gasteiger partial charge in [0.25, 0.3) is 0 Å². The monoisotopic (exact) mass is 855 g/mol. The summed E-state index contributed by atoms with van der Waals surface area (Å²) < 4.78 is 11.7. The molecule has 59 heavy (non-hydrogen) atoms. The summed E-state index contributed by atoms with van der Waals surface area (Å²) in [7, 11) is 7.76. The van der Waals surface area contributed by atoms with Gasteiger partial charge in [0.2, 0.25) is 23.6 Å². The van der Waals surface area contributed by atoms with E-state index in [9.17, 15) is 28.8 Å². The van der Waals surface area contributed by atoms with E-state index in [0.29, 0.717) is 73.0 Å². The average molecular weight is 857 g/mol. The van der Waals surface area contributed by atoms with E-state index in [0.717, 1.165) is 13.1 Å². The quantitative estimate of drug-likeness (QED) is 0.115. The Kier molecular flexibility index (Phi) is 14.8. The van der Waals surface area contributed by atoms with Gasteiger partial charge in [-0.1, -0.05) is 47.5 Å². The fourth-order valence-corrected chi connectivity index (χ4v) is 10.1. The molecule has 0 aromatic heterocycles. The fourth-order valence-electron chi connectivity index (χ4n) is 9.76. The van der Waals surface area contributed by atoms with Gasteiger partial charge in [0.15, 0.2) is 0 Å². The maximum Gasteiger partial charge on any atom is 0.411 e. The third-order valence-electron chi connectivity index (χ3n) is 12.2. The molecular formula is C42H55Cl2N7O8. The van der Waals surface area contributed by atoms with Gasteiger partial charge in [0.05, 0.1) is 45.1 Å². The van der Waals surface area contributed by atoms with E-state index >= 15 is 0 Å². The molecule has 6 rings (SSSR count). The number of nitrogens with zero attached hydrogens (tertiary/aromatic N) is 2. The zero-order valence-electron chi connectivity index (χ0n) is 33.9. The summed E-state index contributed by atoms with van der Waals surface area (Å²) in [4.78, 5) is 86.7. The van der Waals surface area contributed by atoms with E-state index in [1.165, 1.54) is 0 Å². The van der Waals surface area contributed by atoms with Crippen LogP contribution in [-0.2, 0) is 28.7 Å². The number of benzene rings is 2. The maximum absolute atomic E-state index is 14.5. The summed E-state index contributed by atoms with van der Waals surface area (Å²) >= 11 is 12.5. The Balaban J connectivity index is 1.19. The number of nitrogens with one attached hydrogen (secondary N) is 5. The van der Waals surface area contributed by atoms with Crippen LogP contribution in [0.15, 0.2) is 48.5 Å². The molecule has 0 spiro atoms. The van der Waals surface area contributed by atoms with Crippen LogP contribution in [0.4, 0.5) is 21.0 Å². The molecule has 10 unspecified atom stereocenters. The second-order valence-corrected chi connectivity index (χ2v) is 17.6. The minimum atomic E-state index is -0.991. The van der Waals surface area contributed by atoms with Gasteiger partial charge in [-0.05, 0) is 116 Å². The van der Waals surface area contributed by atoms with Crippen molar-refractivity contribution in [2.24, 2.45) is 47.3 Å². The molecule has 4 aliphatic rings. The Labute approximate surface area is 354 Å². The highest BCUT2D eigenvalue weighted by atomic mass is 35.5. The van der Waals surface area contributed by atoms with Gasteiger partial charge in [-0.3, -0.25) is 35.1 Å². The van der Waals surface area contributed by atoms with Crippen molar-refractivity contribution in [1.29, 1.82) is 0 Å². The summed E-state index contributed by atoms with van der Waals surface area (Å²) in [6.07, 6.45) is 0.105. The molecule has 2 aromatic carbocycles. The standard InChI is InChI=1S/C42H55Cl2N7O8/c1-50(2)17-9-15-45-37(52)33-23-19-25(31(21-23)58-41(56)47-29-13-7-5-11-27(29)43)35(33)39(54)49-40(55)36-26-20-24(34(36)38(53)46-16-10-18-51(3)4)22-32(26)59-42(57)48-30-14-8-6-12-28(30)44/h5-8,11-14,23-26,31-36H,9-10,15-22H2,1-4H3,(H,45,52)(H,46,53)(H,47,56)(H,48,57)(H,49,54,55). The van der Waals surface area contributed by atoms with Crippen molar-refractivity contribution in [3.05, 3.63) is 58.6 Å². The van der Waals surface area contributed by atoms with E-state index in [4.69, 9.17) is 32.7 Å². The average Bonchev–Trinajstić information content (AvgIpc) is 3.96. The Morgan fingerprint density at radius 3 is 1.34 bits per heavy atom. The highest BCUT2D eigenvalue weighted by Gasteiger charge is 2.62. The fraction of sp³-hybridized carbons (Fsp3) is 0.571. The summed E-state index contributed by atoms with van der Waals surface area (Å²) in [5.74, 6) is -7.11. The summed E-state index contributed by atoms with van der Waals surface area (Å²) in [5, 5.41) is 14.6. The van der Waals surface area contributed by atoms with E-state index < -0.39 is 71.7 Å². The smallest absolute Gasteiger partial charge is 0.411 e. The predicted octanol–water partition coefficient (Wildman–Crippen LogP) is 4.85. The third kappa shape index (κ3) is 10.7. The molecule has 15 nitrogen and oxygen atoms in total. The Hall–Kier alpha value is -4.44. The molecule has 6 amide bonds. The van der Waals surface area contributed by atoms with Gasteiger partial charge in [0.1, 0.15) is 12.2 Å². The number of hydrogen-bond donors (Lipinski definition) is 5. The van der Waals surface area contributed by atoms with Crippen LogP contribution in [0.1, 0.15) is 38.5 Å². The lowest BCUT2D eigenvalue weighted by Crippen LogP contribution is -2.53. The molecule has 4 bridgehead atoms. The number of fused-ring (bicyclic) bond motifs is 4. The number of hydrogen-bond acceptors (Lipinski definition) is 10. The van der Waals surface area contributed by atoms with Gasteiger partial charge >= 0.3 is 12.2 Å². The first kappa shape index (κ1) is 44.1. The van der Waals surface area contributed by atoms with Crippen LogP contribution in [-0.4, -0.2) is 112 Å². The summed E-state index contributed by atoms with van der Waals surface area (Å²) in [6, 6.07) is 13.4. The van der Waals surface area contributed by atoms with Crippen LogP contribution >= 0.6 is 23.2 Å². The molecule has 320 valence electrons. The van der Waals surface area contributed by atoms with Crippen LogP contribution in [0.2, 0.25) is 10.0 Å². The molecule has 4 aliphatic carbocycles. The van der Waals surface area contributed by atoms with Crippen LogP contribution in [0.25, 0.3) is 0 Å². The number of para-hydroxylation sites is 2. The first-order chi connectivity index (χ1) is 28.2. The first-order valence-corrected chi connectivity index (χ1v) is 21.1. The highest BCUT2D eigenvalue weighted by molar-refractivity contribution is 6.34. The van der Waals surface area contributed by atoms with E-state index in [-0.39, 0.29) is 23.7 Å². The molecule has 17 heteroatoms. The number of anilines is 2. The minimum Gasteiger partial charge on any atom is -0.446 e. The Morgan fingerprint density at radius 1 is 0.576 bits per heavy atom. The number of carbonyl (C=O) groups excluding carboxylic acids is 6. The number of carbonyl (C=O) groups is 6. The zero-order chi connectivity index (χ0) is 42.4. The van der Waals surface area contributed by atoms with Crippen LogP contribution < -0.4 is 26.6 Å². The molecule has 10 atom stereocenters. The maximum atomic E-state index is 14.5. The lowest BCUT2D eigenvalue weighted by Gasteiger charge is -2.36. The van der Waals surface area contributed by atoms with Crippen molar-refractivity contribution >= 4 is 70.4 Å². The minimum absolute atomic E-state index is 0.282. The van der Waals surface area contributed by atoms with Crippen LogP contribution in [0, 0.1) is 47.3 Å². The van der Waals surface area contributed by atoms with Crippen molar-refractivity contribution in [2.75, 3.05) is 65.0 Å². The topological polar surface area (TPSA) is 188 Å². The molecule has 2 aromatic rings. The lowest BCUT2D eigenvalue weighted by atomic mass is 9.75. The van der Waals surface area contributed by atoms with Crippen molar-refractivity contribution < 1.29 is 38.2 Å².